The van der Waals surface area contributed by atoms with Crippen LogP contribution in [0.15, 0.2) is 24.3 Å². The smallest absolute Gasteiger partial charge is 0.347 e. The Hall–Kier alpha value is -2.91. The molecule has 1 amide bonds. The van der Waals surface area contributed by atoms with Crippen molar-refractivity contribution >= 4 is 17.8 Å². The molecule has 30 heavy (non-hydrogen) atoms. The molecule has 162 valence electrons. The van der Waals surface area contributed by atoms with Gasteiger partial charge in [-0.1, -0.05) is 13.8 Å². The van der Waals surface area contributed by atoms with E-state index in [1.807, 2.05) is 37.7 Å². The van der Waals surface area contributed by atoms with E-state index in [0.29, 0.717) is 43.9 Å². The van der Waals surface area contributed by atoms with Gasteiger partial charge in [0.15, 0.2) is 0 Å². The summed E-state index contributed by atoms with van der Waals surface area (Å²) in [6.07, 6.45) is -4.42. The number of hydrogen-bond acceptors (Lipinski definition) is 6. The van der Waals surface area contributed by atoms with Crippen LogP contribution in [0.3, 0.4) is 0 Å². The number of carbonyl (C=O) groups is 1. The van der Waals surface area contributed by atoms with Gasteiger partial charge >= 0.3 is 6.18 Å². The molecule has 0 N–H and O–H groups in total. The van der Waals surface area contributed by atoms with Crippen LogP contribution in [-0.4, -0.2) is 66.0 Å². The summed E-state index contributed by atoms with van der Waals surface area (Å²) in [5.74, 6) is 1.71. The van der Waals surface area contributed by atoms with Crippen molar-refractivity contribution in [3.63, 3.8) is 0 Å². The van der Waals surface area contributed by atoms with Gasteiger partial charge in [-0.15, -0.1) is 0 Å². The average Bonchev–Trinajstić information content (AvgIpc) is 2.72. The minimum atomic E-state index is -4.42. The molecule has 3 rings (SSSR count). The van der Waals surface area contributed by atoms with Gasteiger partial charge in [-0.05, 0) is 24.3 Å². The van der Waals surface area contributed by atoms with Crippen LogP contribution in [-0.2, 0) is 6.18 Å². The highest BCUT2D eigenvalue weighted by molar-refractivity contribution is 5.94. The molecule has 2 aromatic rings. The molecule has 1 aromatic heterocycles. The minimum absolute atomic E-state index is 0.146. The van der Waals surface area contributed by atoms with E-state index < -0.39 is 11.7 Å². The molecule has 1 aromatic carbocycles. The van der Waals surface area contributed by atoms with Gasteiger partial charge in [0.1, 0.15) is 5.82 Å². The van der Waals surface area contributed by atoms with E-state index in [-0.39, 0.29) is 17.4 Å². The molecule has 0 saturated carbocycles. The van der Waals surface area contributed by atoms with E-state index in [2.05, 4.69) is 15.0 Å². The lowest BCUT2D eigenvalue weighted by atomic mass is 10.1. The van der Waals surface area contributed by atoms with E-state index >= 15 is 0 Å². The molecule has 0 aliphatic carbocycles. The first-order valence-corrected chi connectivity index (χ1v) is 9.71. The standard InChI is InChI=1S/C20H25F3N6O/c1-13(2)16-24-18(27(3)4)26-19(25-16)29-11-9-28(10-12-29)17(30)14-5-7-15(8-6-14)20(21,22)23/h5-8,13H,9-12H2,1-4H3. The van der Waals surface area contributed by atoms with Crippen molar-refractivity contribution < 1.29 is 18.0 Å². The number of anilines is 2. The number of alkyl halides is 3. The van der Waals surface area contributed by atoms with Gasteiger partial charge in [0.25, 0.3) is 5.91 Å². The Labute approximate surface area is 173 Å². The summed E-state index contributed by atoms with van der Waals surface area (Å²) in [5.41, 5.74) is -0.523. The highest BCUT2D eigenvalue weighted by Gasteiger charge is 2.31. The van der Waals surface area contributed by atoms with Gasteiger partial charge in [0.05, 0.1) is 5.56 Å². The first kappa shape index (κ1) is 21.8. The van der Waals surface area contributed by atoms with Crippen molar-refractivity contribution in [2.24, 2.45) is 0 Å². The van der Waals surface area contributed by atoms with Crippen LogP contribution in [0, 0.1) is 0 Å². The molecule has 7 nitrogen and oxygen atoms in total. The molecule has 2 heterocycles. The lowest BCUT2D eigenvalue weighted by molar-refractivity contribution is -0.137. The molecule has 1 fully saturated rings. The lowest BCUT2D eigenvalue weighted by Gasteiger charge is -2.35. The molecule has 1 saturated heterocycles. The quantitative estimate of drug-likeness (QED) is 0.755. The molecule has 0 radical (unpaired) electrons. The van der Waals surface area contributed by atoms with Crippen molar-refractivity contribution in [3.8, 4) is 0 Å². The Bertz CT molecular complexity index is 864. The number of benzene rings is 1. The van der Waals surface area contributed by atoms with Crippen LogP contribution in [0.2, 0.25) is 0 Å². The Morgan fingerprint density at radius 1 is 1.00 bits per heavy atom. The molecular formula is C20H25F3N6O. The van der Waals surface area contributed by atoms with Gasteiger partial charge < -0.3 is 14.7 Å². The van der Waals surface area contributed by atoms with Crippen LogP contribution in [0.25, 0.3) is 0 Å². The zero-order valence-corrected chi connectivity index (χ0v) is 17.4. The van der Waals surface area contributed by atoms with Crippen molar-refractivity contribution in [1.82, 2.24) is 19.9 Å². The van der Waals surface area contributed by atoms with E-state index in [0.717, 1.165) is 12.1 Å². The summed E-state index contributed by atoms with van der Waals surface area (Å²) in [5, 5.41) is 0. The largest absolute Gasteiger partial charge is 0.416 e. The minimum Gasteiger partial charge on any atom is -0.347 e. The van der Waals surface area contributed by atoms with Crippen molar-refractivity contribution in [1.29, 1.82) is 0 Å². The number of piperazine rings is 1. The lowest BCUT2D eigenvalue weighted by Crippen LogP contribution is -2.49. The summed E-state index contributed by atoms with van der Waals surface area (Å²) >= 11 is 0. The number of carbonyl (C=O) groups excluding carboxylic acids is 1. The second kappa shape index (κ2) is 8.45. The molecule has 0 atom stereocenters. The Morgan fingerprint density at radius 2 is 1.60 bits per heavy atom. The molecule has 1 aliphatic heterocycles. The van der Waals surface area contributed by atoms with Gasteiger partial charge in [-0.2, -0.15) is 28.1 Å². The zero-order chi connectivity index (χ0) is 22.1. The van der Waals surface area contributed by atoms with Crippen LogP contribution in [0.4, 0.5) is 25.1 Å². The number of rotatable bonds is 4. The second-order valence-electron chi connectivity index (χ2n) is 7.70. The van der Waals surface area contributed by atoms with E-state index in [4.69, 9.17) is 0 Å². The monoisotopic (exact) mass is 422 g/mol. The Morgan fingerprint density at radius 3 is 2.10 bits per heavy atom. The van der Waals surface area contributed by atoms with Crippen molar-refractivity contribution in [2.75, 3.05) is 50.1 Å². The summed E-state index contributed by atoms with van der Waals surface area (Å²) in [4.78, 5) is 31.7. The maximum Gasteiger partial charge on any atom is 0.416 e. The summed E-state index contributed by atoms with van der Waals surface area (Å²) in [6, 6.07) is 4.32. The second-order valence-corrected chi connectivity index (χ2v) is 7.70. The Balaban J connectivity index is 1.69. The predicted octanol–water partition coefficient (Wildman–Crippen LogP) is 3.04. The topological polar surface area (TPSA) is 65.5 Å². The highest BCUT2D eigenvalue weighted by atomic mass is 19.4. The number of nitrogens with zero attached hydrogens (tertiary/aromatic N) is 6. The molecule has 0 unspecified atom stereocenters. The SMILES string of the molecule is CC(C)c1nc(N(C)C)nc(N2CCN(C(=O)c3ccc(C(F)(F)F)cc3)CC2)n1. The molecule has 10 heteroatoms. The number of halogens is 3. The fourth-order valence-electron chi connectivity index (χ4n) is 3.06. The van der Waals surface area contributed by atoms with Crippen molar-refractivity contribution in [3.05, 3.63) is 41.2 Å². The third kappa shape index (κ3) is 4.80. The van der Waals surface area contributed by atoms with Gasteiger partial charge in [0.2, 0.25) is 11.9 Å². The van der Waals surface area contributed by atoms with Gasteiger partial charge in [-0.3, -0.25) is 4.79 Å². The van der Waals surface area contributed by atoms with Gasteiger partial charge in [0, 0.05) is 51.8 Å². The third-order valence-electron chi connectivity index (χ3n) is 4.85. The average molecular weight is 422 g/mol. The molecular weight excluding hydrogens is 397 g/mol. The van der Waals surface area contributed by atoms with E-state index in [9.17, 15) is 18.0 Å². The highest BCUT2D eigenvalue weighted by Crippen LogP contribution is 2.29. The summed E-state index contributed by atoms with van der Waals surface area (Å²) < 4.78 is 38.1. The van der Waals surface area contributed by atoms with Crippen molar-refractivity contribution in [2.45, 2.75) is 25.9 Å². The fourth-order valence-corrected chi connectivity index (χ4v) is 3.06. The number of hydrogen-bond donors (Lipinski definition) is 0. The molecule has 0 spiro atoms. The zero-order valence-electron chi connectivity index (χ0n) is 17.4. The van der Waals surface area contributed by atoms with Gasteiger partial charge in [-0.25, -0.2) is 0 Å². The molecule has 1 aliphatic rings. The van der Waals surface area contributed by atoms with E-state index in [1.54, 1.807) is 4.90 Å². The Kier molecular flexibility index (Phi) is 6.14. The number of amides is 1. The van der Waals surface area contributed by atoms with E-state index in [1.165, 1.54) is 12.1 Å². The summed E-state index contributed by atoms with van der Waals surface area (Å²) in [6.45, 7) is 5.94. The number of aromatic nitrogens is 3. The fraction of sp³-hybridized carbons (Fsp3) is 0.500. The summed E-state index contributed by atoms with van der Waals surface area (Å²) in [7, 11) is 3.73. The van der Waals surface area contributed by atoms with Crippen LogP contribution >= 0.6 is 0 Å². The predicted molar refractivity (Wildman–Crippen MR) is 108 cm³/mol. The third-order valence-corrected chi connectivity index (χ3v) is 4.85. The first-order chi connectivity index (χ1) is 14.1. The maximum absolute atomic E-state index is 12.7. The molecule has 0 bridgehead atoms. The van der Waals surface area contributed by atoms with Crippen LogP contribution < -0.4 is 9.80 Å². The van der Waals surface area contributed by atoms with Crippen LogP contribution in [0.5, 0.6) is 0 Å². The van der Waals surface area contributed by atoms with Crippen LogP contribution in [0.1, 0.15) is 41.5 Å². The normalized spacial score (nSPS) is 14.9. The first-order valence-electron chi connectivity index (χ1n) is 9.71. The maximum atomic E-state index is 12.7.